The maximum atomic E-state index is 9.24. The molecule has 2 N–H and O–H groups in total. The van der Waals surface area contributed by atoms with Gasteiger partial charge < -0.3 is 15.2 Å². The van der Waals surface area contributed by atoms with E-state index in [-0.39, 0.29) is 6.10 Å². The minimum atomic E-state index is -0.285. The smallest absolute Gasteiger partial charge is 0.0771 e. The van der Waals surface area contributed by atoms with Gasteiger partial charge in [-0.2, -0.15) is 0 Å². The van der Waals surface area contributed by atoms with Gasteiger partial charge in [-0.3, -0.25) is 0 Å². The number of aliphatic hydroxyl groups is 1. The fourth-order valence-electron chi connectivity index (χ4n) is 1.33. The lowest BCUT2D eigenvalue weighted by Crippen LogP contribution is -2.36. The summed E-state index contributed by atoms with van der Waals surface area (Å²) in [6.45, 7) is 4.50. The SMILES string of the molecule is CCC(O)CO[C@H]1CCCNC1. The molecule has 0 radical (unpaired) electrons. The Hall–Kier alpha value is -0.120. The van der Waals surface area contributed by atoms with Gasteiger partial charge in [-0.1, -0.05) is 6.92 Å². The minimum Gasteiger partial charge on any atom is -0.391 e. The van der Waals surface area contributed by atoms with Crippen LogP contribution in [0, 0.1) is 0 Å². The van der Waals surface area contributed by atoms with Gasteiger partial charge in [0.05, 0.1) is 18.8 Å². The number of hydrogen-bond acceptors (Lipinski definition) is 3. The second kappa shape index (κ2) is 5.51. The van der Waals surface area contributed by atoms with Crippen LogP contribution in [-0.4, -0.2) is 37.0 Å². The van der Waals surface area contributed by atoms with Crippen LogP contribution in [0.25, 0.3) is 0 Å². The quantitative estimate of drug-likeness (QED) is 0.651. The Morgan fingerprint density at radius 1 is 1.67 bits per heavy atom. The second-order valence-corrected chi connectivity index (χ2v) is 3.36. The van der Waals surface area contributed by atoms with Gasteiger partial charge in [-0.15, -0.1) is 0 Å². The summed E-state index contributed by atoms with van der Waals surface area (Å²) >= 11 is 0. The van der Waals surface area contributed by atoms with Gasteiger partial charge in [-0.05, 0) is 25.8 Å². The van der Waals surface area contributed by atoms with Crippen molar-refractivity contribution in [2.75, 3.05) is 19.7 Å². The molecule has 1 aliphatic rings. The Balaban J connectivity index is 2.05. The number of aliphatic hydroxyl groups excluding tert-OH is 1. The maximum absolute atomic E-state index is 9.24. The van der Waals surface area contributed by atoms with Crippen LogP contribution in [0.3, 0.4) is 0 Å². The second-order valence-electron chi connectivity index (χ2n) is 3.36. The zero-order chi connectivity index (χ0) is 8.81. The minimum absolute atomic E-state index is 0.285. The number of piperidine rings is 1. The van der Waals surface area contributed by atoms with Gasteiger partial charge in [0.25, 0.3) is 0 Å². The molecule has 1 rings (SSSR count). The van der Waals surface area contributed by atoms with Crippen LogP contribution in [0.15, 0.2) is 0 Å². The summed E-state index contributed by atoms with van der Waals surface area (Å²) in [6, 6.07) is 0. The largest absolute Gasteiger partial charge is 0.391 e. The molecule has 0 bridgehead atoms. The lowest BCUT2D eigenvalue weighted by Gasteiger charge is -2.24. The van der Waals surface area contributed by atoms with E-state index in [4.69, 9.17) is 4.74 Å². The topological polar surface area (TPSA) is 41.5 Å². The molecule has 1 fully saturated rings. The molecule has 0 aliphatic carbocycles. The van der Waals surface area contributed by atoms with Crippen LogP contribution in [0.5, 0.6) is 0 Å². The molecular weight excluding hydrogens is 154 g/mol. The summed E-state index contributed by atoms with van der Waals surface area (Å²) in [7, 11) is 0. The monoisotopic (exact) mass is 173 g/mol. The molecule has 0 aromatic heterocycles. The summed E-state index contributed by atoms with van der Waals surface area (Å²) in [6.07, 6.45) is 3.13. The van der Waals surface area contributed by atoms with Gasteiger partial charge in [-0.25, -0.2) is 0 Å². The van der Waals surface area contributed by atoms with Crippen LogP contribution in [0.1, 0.15) is 26.2 Å². The summed E-state index contributed by atoms with van der Waals surface area (Å²) < 4.78 is 5.52. The van der Waals surface area contributed by atoms with E-state index < -0.39 is 0 Å². The predicted molar refractivity (Wildman–Crippen MR) is 48.1 cm³/mol. The van der Waals surface area contributed by atoms with Crippen molar-refractivity contribution in [2.24, 2.45) is 0 Å². The van der Waals surface area contributed by atoms with Gasteiger partial charge in [0, 0.05) is 6.54 Å². The molecule has 1 aliphatic heterocycles. The molecule has 3 heteroatoms. The molecule has 12 heavy (non-hydrogen) atoms. The van der Waals surface area contributed by atoms with Crippen LogP contribution in [0.2, 0.25) is 0 Å². The van der Waals surface area contributed by atoms with Crippen LogP contribution >= 0.6 is 0 Å². The molecule has 1 unspecified atom stereocenters. The van der Waals surface area contributed by atoms with Gasteiger partial charge in [0.2, 0.25) is 0 Å². The number of nitrogens with one attached hydrogen (secondary N) is 1. The molecule has 72 valence electrons. The van der Waals surface area contributed by atoms with Crippen molar-refractivity contribution in [3.8, 4) is 0 Å². The standard InChI is InChI=1S/C9H19NO2/c1-2-8(11)7-12-9-4-3-5-10-6-9/h8-11H,2-7H2,1H3/t8?,9-/m0/s1. The average Bonchev–Trinajstić information content (AvgIpc) is 2.16. The van der Waals surface area contributed by atoms with E-state index in [0.717, 1.165) is 25.9 Å². The third kappa shape index (κ3) is 3.52. The first-order valence-electron chi connectivity index (χ1n) is 4.83. The lowest BCUT2D eigenvalue weighted by molar-refractivity contribution is -0.0188. The molecule has 0 aromatic carbocycles. The van der Waals surface area contributed by atoms with E-state index >= 15 is 0 Å². The first kappa shape index (κ1) is 9.96. The Morgan fingerprint density at radius 2 is 2.50 bits per heavy atom. The van der Waals surface area contributed by atoms with Crippen molar-refractivity contribution in [2.45, 2.75) is 38.4 Å². The molecule has 1 saturated heterocycles. The highest BCUT2D eigenvalue weighted by atomic mass is 16.5. The average molecular weight is 173 g/mol. The first-order valence-corrected chi connectivity index (χ1v) is 4.83. The van der Waals surface area contributed by atoms with Gasteiger partial charge in [0.1, 0.15) is 0 Å². The molecule has 1 heterocycles. The van der Waals surface area contributed by atoms with Crippen LogP contribution < -0.4 is 5.32 Å². The fourth-order valence-corrected chi connectivity index (χ4v) is 1.33. The number of ether oxygens (including phenoxy) is 1. The lowest BCUT2D eigenvalue weighted by atomic mass is 10.1. The van der Waals surface area contributed by atoms with Gasteiger partial charge in [0.15, 0.2) is 0 Å². The highest BCUT2D eigenvalue weighted by Crippen LogP contribution is 2.06. The van der Waals surface area contributed by atoms with Crippen LogP contribution in [0.4, 0.5) is 0 Å². The first-order chi connectivity index (χ1) is 5.83. The summed E-state index contributed by atoms with van der Waals surface area (Å²) in [5.74, 6) is 0. The number of hydrogen-bond donors (Lipinski definition) is 2. The van der Waals surface area contributed by atoms with E-state index in [2.05, 4.69) is 5.32 Å². The summed E-state index contributed by atoms with van der Waals surface area (Å²) in [4.78, 5) is 0. The Kier molecular flexibility index (Phi) is 4.58. The maximum Gasteiger partial charge on any atom is 0.0771 e. The summed E-state index contributed by atoms with van der Waals surface area (Å²) in [5.41, 5.74) is 0. The third-order valence-corrected chi connectivity index (χ3v) is 2.25. The molecule has 2 atom stereocenters. The molecule has 0 aromatic rings. The molecular formula is C9H19NO2. The van der Waals surface area contributed by atoms with Crippen molar-refractivity contribution in [1.82, 2.24) is 5.32 Å². The predicted octanol–water partition coefficient (Wildman–Crippen LogP) is 0.526. The zero-order valence-corrected chi connectivity index (χ0v) is 7.75. The molecule has 3 nitrogen and oxygen atoms in total. The normalized spacial score (nSPS) is 27.0. The summed E-state index contributed by atoms with van der Waals surface area (Å²) in [5, 5.41) is 12.5. The molecule has 0 saturated carbocycles. The molecule has 0 amide bonds. The van der Waals surface area contributed by atoms with Crippen molar-refractivity contribution in [3.05, 3.63) is 0 Å². The highest BCUT2D eigenvalue weighted by molar-refractivity contribution is 4.69. The fraction of sp³-hybridized carbons (Fsp3) is 1.00. The number of rotatable bonds is 4. The van der Waals surface area contributed by atoms with Crippen molar-refractivity contribution in [1.29, 1.82) is 0 Å². The van der Waals surface area contributed by atoms with Crippen molar-refractivity contribution >= 4 is 0 Å². The third-order valence-electron chi connectivity index (χ3n) is 2.25. The highest BCUT2D eigenvalue weighted by Gasteiger charge is 2.14. The Morgan fingerprint density at radius 3 is 3.08 bits per heavy atom. The van der Waals surface area contributed by atoms with Crippen molar-refractivity contribution in [3.63, 3.8) is 0 Å². The van der Waals surface area contributed by atoms with E-state index in [1.54, 1.807) is 0 Å². The van der Waals surface area contributed by atoms with E-state index in [1.807, 2.05) is 6.92 Å². The van der Waals surface area contributed by atoms with E-state index in [9.17, 15) is 5.11 Å². The van der Waals surface area contributed by atoms with E-state index in [0.29, 0.717) is 12.7 Å². The van der Waals surface area contributed by atoms with Crippen LogP contribution in [-0.2, 0) is 4.74 Å². The van der Waals surface area contributed by atoms with Crippen molar-refractivity contribution < 1.29 is 9.84 Å². The zero-order valence-electron chi connectivity index (χ0n) is 7.75. The Labute approximate surface area is 74.1 Å². The van der Waals surface area contributed by atoms with E-state index in [1.165, 1.54) is 6.42 Å². The molecule has 0 spiro atoms. The van der Waals surface area contributed by atoms with Gasteiger partial charge >= 0.3 is 0 Å². The Bertz CT molecular complexity index is 113.